The van der Waals surface area contributed by atoms with E-state index in [1.54, 1.807) is 26.7 Å². The van der Waals surface area contributed by atoms with Gasteiger partial charge in [-0.2, -0.15) is 0 Å². The number of ether oxygens (including phenoxy) is 2. The minimum atomic E-state index is -0.119. The number of rotatable bonds is 6. The molecule has 2 heterocycles. The van der Waals surface area contributed by atoms with E-state index in [0.717, 1.165) is 16.6 Å². The van der Waals surface area contributed by atoms with E-state index < -0.39 is 0 Å². The number of carbonyl (C=O) groups is 1. The van der Waals surface area contributed by atoms with E-state index in [0.29, 0.717) is 30.2 Å². The van der Waals surface area contributed by atoms with E-state index in [9.17, 15) is 4.79 Å². The molecule has 3 rings (SSSR count). The van der Waals surface area contributed by atoms with Gasteiger partial charge in [0.25, 0.3) is 5.91 Å². The molecule has 0 aliphatic rings. The molecule has 0 saturated carbocycles. The number of H-pyrrole nitrogens is 1. The Morgan fingerprint density at radius 2 is 2.00 bits per heavy atom. The van der Waals surface area contributed by atoms with Crippen molar-refractivity contribution in [3.05, 3.63) is 42.1 Å². The molecule has 0 aliphatic carbocycles. The van der Waals surface area contributed by atoms with Crippen LogP contribution in [0.3, 0.4) is 0 Å². The minimum Gasteiger partial charge on any atom is -0.493 e. The second-order valence-corrected chi connectivity index (χ2v) is 5.44. The fourth-order valence-electron chi connectivity index (χ4n) is 2.70. The molecule has 1 amide bonds. The predicted octanol–water partition coefficient (Wildman–Crippen LogP) is 1.89. The van der Waals surface area contributed by atoms with Crippen molar-refractivity contribution in [3.8, 4) is 11.5 Å². The fraction of sp³-hybridized carbons (Fsp3) is 0.294. The number of aryl methyl sites for hydroxylation is 1. The normalized spacial score (nSPS) is 10.8. The van der Waals surface area contributed by atoms with E-state index in [1.165, 1.54) is 0 Å². The largest absolute Gasteiger partial charge is 0.493 e. The third-order valence-electron chi connectivity index (χ3n) is 4.02. The lowest BCUT2D eigenvalue weighted by molar-refractivity contribution is 0.0946. The zero-order chi connectivity index (χ0) is 17.1. The Labute approximate surface area is 139 Å². The zero-order valence-corrected chi connectivity index (χ0v) is 13.9. The molecule has 24 heavy (non-hydrogen) atoms. The first-order valence-corrected chi connectivity index (χ1v) is 7.61. The molecule has 7 nitrogen and oxygen atoms in total. The van der Waals surface area contributed by atoms with Gasteiger partial charge in [0.05, 0.1) is 26.1 Å². The number of imidazole rings is 1. The molecule has 7 heteroatoms. The van der Waals surface area contributed by atoms with Gasteiger partial charge in [-0.15, -0.1) is 0 Å². The molecule has 3 aromatic rings. The van der Waals surface area contributed by atoms with Crippen LogP contribution in [0.2, 0.25) is 0 Å². The van der Waals surface area contributed by atoms with E-state index in [4.69, 9.17) is 9.47 Å². The van der Waals surface area contributed by atoms with Crippen LogP contribution in [-0.2, 0) is 13.5 Å². The average Bonchev–Trinajstić information content (AvgIpc) is 3.21. The lowest BCUT2D eigenvalue weighted by Crippen LogP contribution is -2.27. The number of benzene rings is 1. The summed E-state index contributed by atoms with van der Waals surface area (Å²) in [4.78, 5) is 19.4. The minimum absolute atomic E-state index is 0.119. The van der Waals surface area contributed by atoms with Gasteiger partial charge in [-0.1, -0.05) is 0 Å². The molecule has 2 N–H and O–H groups in total. The number of aromatic nitrogens is 3. The Morgan fingerprint density at radius 1 is 1.25 bits per heavy atom. The first kappa shape index (κ1) is 15.9. The summed E-state index contributed by atoms with van der Waals surface area (Å²) in [6.45, 7) is 0.537. The summed E-state index contributed by atoms with van der Waals surface area (Å²) >= 11 is 0. The van der Waals surface area contributed by atoms with Crippen LogP contribution in [0.5, 0.6) is 11.5 Å². The number of hydrogen-bond acceptors (Lipinski definition) is 4. The van der Waals surface area contributed by atoms with Crippen molar-refractivity contribution in [1.82, 2.24) is 19.9 Å². The van der Waals surface area contributed by atoms with Gasteiger partial charge in [0, 0.05) is 43.4 Å². The predicted molar refractivity (Wildman–Crippen MR) is 90.6 cm³/mol. The van der Waals surface area contributed by atoms with Crippen LogP contribution in [-0.4, -0.2) is 41.2 Å². The summed E-state index contributed by atoms with van der Waals surface area (Å²) < 4.78 is 12.5. The lowest BCUT2D eigenvalue weighted by Gasteiger charge is -2.09. The van der Waals surface area contributed by atoms with Crippen LogP contribution in [0.1, 0.15) is 16.2 Å². The van der Waals surface area contributed by atoms with Gasteiger partial charge >= 0.3 is 0 Å². The quantitative estimate of drug-likeness (QED) is 0.724. The third kappa shape index (κ3) is 2.92. The molecule has 126 valence electrons. The standard InChI is InChI=1S/C17H20N4O3/c1-21-13-8-16(24-3)15(23-2)7-11(13)6-14(21)17(22)19-5-4-12-9-18-10-20-12/h6-10H,4-5H2,1-3H3,(H,18,20)(H,19,22). The van der Waals surface area contributed by atoms with Crippen LogP contribution in [0.15, 0.2) is 30.7 Å². The summed E-state index contributed by atoms with van der Waals surface area (Å²) in [6, 6.07) is 5.59. The molecule has 0 unspecified atom stereocenters. The first-order valence-electron chi connectivity index (χ1n) is 7.61. The zero-order valence-electron chi connectivity index (χ0n) is 13.9. The van der Waals surface area contributed by atoms with E-state index in [1.807, 2.05) is 29.8 Å². The summed E-state index contributed by atoms with van der Waals surface area (Å²) in [6.07, 6.45) is 4.08. The van der Waals surface area contributed by atoms with Crippen LogP contribution < -0.4 is 14.8 Å². The van der Waals surface area contributed by atoms with E-state index in [-0.39, 0.29) is 5.91 Å². The van der Waals surface area contributed by atoms with Gasteiger partial charge in [-0.05, 0) is 12.1 Å². The fourth-order valence-corrected chi connectivity index (χ4v) is 2.70. The molecule has 0 spiro atoms. The number of amides is 1. The Hall–Kier alpha value is -2.96. The third-order valence-corrected chi connectivity index (χ3v) is 4.02. The maximum absolute atomic E-state index is 12.5. The summed E-state index contributed by atoms with van der Waals surface area (Å²) in [5.41, 5.74) is 2.48. The topological polar surface area (TPSA) is 81.2 Å². The molecule has 0 bridgehead atoms. The number of carbonyl (C=O) groups excluding carboxylic acids is 1. The molecule has 0 radical (unpaired) electrons. The van der Waals surface area contributed by atoms with Gasteiger partial charge in [0.2, 0.25) is 0 Å². The van der Waals surface area contributed by atoms with Gasteiger partial charge in [0.15, 0.2) is 11.5 Å². The van der Waals surface area contributed by atoms with E-state index in [2.05, 4.69) is 15.3 Å². The molecular formula is C17H20N4O3. The highest BCUT2D eigenvalue weighted by Gasteiger charge is 2.16. The number of aromatic amines is 1. The van der Waals surface area contributed by atoms with Crippen molar-refractivity contribution in [1.29, 1.82) is 0 Å². The van der Waals surface area contributed by atoms with E-state index >= 15 is 0 Å². The van der Waals surface area contributed by atoms with Crippen LogP contribution in [0, 0.1) is 0 Å². The smallest absolute Gasteiger partial charge is 0.267 e. The van der Waals surface area contributed by atoms with Crippen LogP contribution in [0.4, 0.5) is 0 Å². The number of nitrogens with zero attached hydrogens (tertiary/aromatic N) is 2. The van der Waals surface area contributed by atoms with Crippen molar-refractivity contribution >= 4 is 16.8 Å². The average molecular weight is 328 g/mol. The Kier molecular flexibility index (Phi) is 4.41. The van der Waals surface area contributed by atoms with Crippen molar-refractivity contribution in [3.63, 3.8) is 0 Å². The highest BCUT2D eigenvalue weighted by molar-refractivity contribution is 5.99. The summed E-state index contributed by atoms with van der Waals surface area (Å²) in [5.74, 6) is 1.16. The molecule has 1 aromatic carbocycles. The molecule has 0 atom stereocenters. The maximum Gasteiger partial charge on any atom is 0.267 e. The number of hydrogen-bond donors (Lipinski definition) is 2. The highest BCUT2D eigenvalue weighted by Crippen LogP contribution is 2.33. The van der Waals surface area contributed by atoms with Gasteiger partial charge in [-0.3, -0.25) is 4.79 Å². The molecular weight excluding hydrogens is 308 g/mol. The van der Waals surface area contributed by atoms with Crippen molar-refractivity contribution in [2.75, 3.05) is 20.8 Å². The lowest BCUT2D eigenvalue weighted by atomic mass is 10.2. The monoisotopic (exact) mass is 328 g/mol. The highest BCUT2D eigenvalue weighted by atomic mass is 16.5. The maximum atomic E-state index is 12.5. The SMILES string of the molecule is COc1cc2cc(C(=O)NCCc3cnc[nH]3)n(C)c2cc1OC. The number of nitrogens with one attached hydrogen (secondary N) is 2. The molecule has 0 fully saturated rings. The Balaban J connectivity index is 1.80. The second-order valence-electron chi connectivity index (χ2n) is 5.44. The molecule has 2 aromatic heterocycles. The molecule has 0 saturated heterocycles. The van der Waals surface area contributed by atoms with Gasteiger partial charge < -0.3 is 24.3 Å². The van der Waals surface area contributed by atoms with Crippen molar-refractivity contribution in [2.24, 2.45) is 7.05 Å². The number of methoxy groups -OCH3 is 2. The molecule has 0 aliphatic heterocycles. The van der Waals surface area contributed by atoms with Gasteiger partial charge in [0.1, 0.15) is 5.69 Å². The number of fused-ring (bicyclic) bond motifs is 1. The van der Waals surface area contributed by atoms with Gasteiger partial charge in [-0.25, -0.2) is 4.98 Å². The Morgan fingerprint density at radius 3 is 2.67 bits per heavy atom. The summed E-state index contributed by atoms with van der Waals surface area (Å²) in [7, 11) is 5.05. The summed E-state index contributed by atoms with van der Waals surface area (Å²) in [5, 5.41) is 3.85. The van der Waals surface area contributed by atoms with Crippen LogP contribution in [0.25, 0.3) is 10.9 Å². The Bertz CT molecular complexity index is 852. The first-order chi connectivity index (χ1) is 11.6. The second kappa shape index (κ2) is 6.66. The van der Waals surface area contributed by atoms with Crippen molar-refractivity contribution < 1.29 is 14.3 Å². The van der Waals surface area contributed by atoms with Crippen LogP contribution >= 0.6 is 0 Å². The van der Waals surface area contributed by atoms with Crippen molar-refractivity contribution in [2.45, 2.75) is 6.42 Å².